The number of ether oxygens (including phenoxy) is 1. The first-order valence-corrected chi connectivity index (χ1v) is 3.79. The maximum Gasteiger partial charge on any atom is 2.00 e. The van der Waals surface area contributed by atoms with E-state index in [2.05, 4.69) is 19.1 Å². The van der Waals surface area contributed by atoms with Crippen LogP contribution >= 0.6 is 0 Å². The minimum Gasteiger partial charge on any atom is -1.00 e. The Morgan fingerprint density at radius 3 is 2.15 bits per heavy atom. The summed E-state index contributed by atoms with van der Waals surface area (Å²) in [6.07, 6.45) is 2.00. The Hall–Kier alpha value is 0.373. The molecule has 0 heterocycles. The van der Waals surface area contributed by atoms with Gasteiger partial charge in [-0.3, -0.25) is 0 Å². The average molecular weight is 342 g/mol. The van der Waals surface area contributed by atoms with E-state index in [4.69, 9.17) is 4.74 Å². The molecule has 0 radical (unpaired) electrons. The van der Waals surface area contributed by atoms with E-state index in [1.54, 1.807) is 7.11 Å². The predicted molar refractivity (Wildman–Crippen MR) is 46.7 cm³/mol. The fourth-order valence-electron chi connectivity index (χ4n) is 0.996. The molecule has 0 spiro atoms. The maximum absolute atomic E-state index is 5.03. The van der Waals surface area contributed by atoms with Crippen LogP contribution in [0.1, 0.15) is 12.0 Å². The molecule has 0 aliphatic carbocycles. The van der Waals surface area contributed by atoms with Crippen molar-refractivity contribution in [3.05, 3.63) is 36.8 Å². The van der Waals surface area contributed by atoms with Crippen LogP contribution in [-0.2, 0) is 25.9 Å². The van der Waals surface area contributed by atoms with Crippen LogP contribution in [-0.4, -0.2) is 7.11 Å². The van der Waals surface area contributed by atoms with E-state index in [0.717, 1.165) is 18.6 Å². The number of aryl methyl sites for hydroxylation is 1. The molecule has 0 N–H and O–H groups in total. The van der Waals surface area contributed by atoms with E-state index in [1.165, 1.54) is 5.56 Å². The Morgan fingerprint density at radius 1 is 1.23 bits per heavy atom. The van der Waals surface area contributed by atoms with Gasteiger partial charge >= 0.3 is 19.5 Å². The van der Waals surface area contributed by atoms with Crippen molar-refractivity contribution in [2.24, 2.45) is 0 Å². The number of hydrogen-bond acceptors (Lipinski definition) is 1. The summed E-state index contributed by atoms with van der Waals surface area (Å²) in [5, 5.41) is 0. The van der Waals surface area contributed by atoms with Gasteiger partial charge in [-0.1, -0.05) is 24.1 Å². The molecule has 1 rings (SSSR count). The summed E-state index contributed by atoms with van der Waals surface area (Å²) in [7, 11) is 1.68. The zero-order chi connectivity index (χ0) is 8.10. The van der Waals surface area contributed by atoms with Crippen LogP contribution in [0.25, 0.3) is 0 Å². The summed E-state index contributed by atoms with van der Waals surface area (Å²) in [6, 6.07) is 8.10. The summed E-state index contributed by atoms with van der Waals surface area (Å²) in [4.78, 5) is 0. The Bertz CT molecular complexity index is 211. The summed E-state index contributed by atoms with van der Waals surface area (Å²) in [6.45, 7) is 3.79. The van der Waals surface area contributed by atoms with Gasteiger partial charge in [0.05, 0.1) is 7.11 Å². The molecular weight excluding hydrogens is 328 g/mol. The monoisotopic (exact) mass is 340 g/mol. The molecular formula is C10H13IOZn. The van der Waals surface area contributed by atoms with Crippen LogP contribution in [0, 0.1) is 6.92 Å². The van der Waals surface area contributed by atoms with Crippen molar-refractivity contribution in [1.29, 1.82) is 0 Å². The minimum atomic E-state index is 0. The normalized spacial score (nSPS) is 8.15. The summed E-state index contributed by atoms with van der Waals surface area (Å²) in [5.74, 6) is 0.915. The molecule has 0 fully saturated rings. The third-order valence-electron chi connectivity index (χ3n) is 1.62. The van der Waals surface area contributed by atoms with Crippen LogP contribution in [0.4, 0.5) is 0 Å². The van der Waals surface area contributed by atoms with Crippen molar-refractivity contribution in [2.75, 3.05) is 7.11 Å². The van der Waals surface area contributed by atoms with E-state index in [9.17, 15) is 0 Å². The maximum atomic E-state index is 5.03. The molecule has 13 heavy (non-hydrogen) atoms. The second-order valence-electron chi connectivity index (χ2n) is 2.45. The first kappa shape index (κ1) is 15.8. The molecule has 0 saturated carbocycles. The van der Waals surface area contributed by atoms with Crippen LogP contribution in [0.3, 0.4) is 0 Å². The molecule has 0 aromatic heterocycles. The molecule has 3 heteroatoms. The summed E-state index contributed by atoms with van der Waals surface area (Å²) < 4.78 is 5.03. The van der Waals surface area contributed by atoms with Gasteiger partial charge in [-0.25, -0.2) is 0 Å². The number of hydrogen-bond donors (Lipinski definition) is 0. The zero-order valence-electron chi connectivity index (χ0n) is 7.92. The Labute approximate surface area is 110 Å². The Morgan fingerprint density at radius 2 is 1.77 bits per heavy atom. The van der Waals surface area contributed by atoms with E-state index in [-0.39, 0.29) is 43.5 Å². The van der Waals surface area contributed by atoms with E-state index < -0.39 is 0 Å². The molecule has 68 valence electrons. The molecule has 0 atom stereocenters. The quantitative estimate of drug-likeness (QED) is 0.408. The molecule has 1 aromatic carbocycles. The predicted octanol–water partition coefficient (Wildman–Crippen LogP) is -0.537. The second-order valence-corrected chi connectivity index (χ2v) is 2.45. The van der Waals surface area contributed by atoms with Crippen molar-refractivity contribution < 1.29 is 48.2 Å². The SMILES string of the molecule is [CH2-]CCc1ccc(OC)cc1.[I-].[Zn+2]. The number of rotatable bonds is 3. The summed E-state index contributed by atoms with van der Waals surface area (Å²) in [5.41, 5.74) is 1.32. The van der Waals surface area contributed by atoms with Crippen molar-refractivity contribution in [3.63, 3.8) is 0 Å². The van der Waals surface area contributed by atoms with Crippen molar-refractivity contribution >= 4 is 0 Å². The standard InChI is InChI=1S/C10H13O.HI.Zn/c1-3-4-9-5-7-10(11-2)8-6-9;;/h5-8H,1,3-4H2,2H3;1H;/q-1;;+2/p-1. The van der Waals surface area contributed by atoms with Crippen molar-refractivity contribution in [3.8, 4) is 5.75 Å². The van der Waals surface area contributed by atoms with Gasteiger partial charge in [0.1, 0.15) is 5.75 Å². The molecule has 0 unspecified atom stereocenters. The van der Waals surface area contributed by atoms with Crippen molar-refractivity contribution in [2.45, 2.75) is 12.8 Å². The van der Waals surface area contributed by atoms with Gasteiger partial charge in [0.2, 0.25) is 0 Å². The Balaban J connectivity index is 0. The topological polar surface area (TPSA) is 9.23 Å². The molecule has 1 aromatic rings. The molecule has 0 saturated heterocycles. The number of methoxy groups -OCH3 is 1. The first-order chi connectivity index (χ1) is 5.36. The van der Waals surface area contributed by atoms with Crippen LogP contribution < -0.4 is 28.7 Å². The molecule has 1 nitrogen and oxygen atoms in total. The molecule has 0 aliphatic heterocycles. The fraction of sp³-hybridized carbons (Fsp3) is 0.300. The van der Waals surface area contributed by atoms with E-state index in [1.807, 2.05) is 12.1 Å². The van der Waals surface area contributed by atoms with Gasteiger partial charge in [-0.2, -0.15) is 6.42 Å². The third-order valence-corrected chi connectivity index (χ3v) is 1.62. The van der Waals surface area contributed by atoms with Crippen LogP contribution in [0.15, 0.2) is 24.3 Å². The van der Waals surface area contributed by atoms with E-state index >= 15 is 0 Å². The second kappa shape index (κ2) is 8.95. The largest absolute Gasteiger partial charge is 2.00 e. The van der Waals surface area contributed by atoms with Gasteiger partial charge < -0.3 is 35.6 Å². The molecule has 0 bridgehead atoms. The van der Waals surface area contributed by atoms with Crippen LogP contribution in [0.5, 0.6) is 5.75 Å². The van der Waals surface area contributed by atoms with Crippen molar-refractivity contribution in [1.82, 2.24) is 0 Å². The summed E-state index contributed by atoms with van der Waals surface area (Å²) >= 11 is 0. The molecule has 0 aliphatic rings. The minimum absolute atomic E-state index is 0. The van der Waals surface area contributed by atoms with Gasteiger partial charge in [0.25, 0.3) is 0 Å². The van der Waals surface area contributed by atoms with Gasteiger partial charge in [-0.15, -0.1) is 0 Å². The van der Waals surface area contributed by atoms with Gasteiger partial charge in [0, 0.05) is 0 Å². The fourth-order valence-corrected chi connectivity index (χ4v) is 0.996. The Kier molecular flexibility index (Phi) is 10.9. The van der Waals surface area contributed by atoms with E-state index in [0.29, 0.717) is 0 Å². The smallest absolute Gasteiger partial charge is 1.00 e. The third kappa shape index (κ3) is 5.63. The number of benzene rings is 1. The first-order valence-electron chi connectivity index (χ1n) is 3.79. The number of halogens is 1. The van der Waals surface area contributed by atoms with Gasteiger partial charge in [0.15, 0.2) is 0 Å². The van der Waals surface area contributed by atoms with Gasteiger partial charge in [-0.05, 0) is 12.1 Å². The zero-order valence-corrected chi connectivity index (χ0v) is 13.0. The molecule has 0 amide bonds. The average Bonchev–Trinajstić information content (AvgIpc) is 2.07. The van der Waals surface area contributed by atoms with Crippen LogP contribution in [0.2, 0.25) is 0 Å².